The average molecular weight is 248 g/mol. The largest absolute Gasteiger partial charge is 0.383 e. The Morgan fingerprint density at radius 3 is 2.61 bits per heavy atom. The first kappa shape index (κ1) is 12.9. The van der Waals surface area contributed by atoms with Crippen molar-refractivity contribution in [3.8, 4) is 0 Å². The molecule has 0 radical (unpaired) electrons. The van der Waals surface area contributed by atoms with Crippen molar-refractivity contribution < 1.29 is 4.74 Å². The van der Waals surface area contributed by atoms with E-state index in [0.717, 1.165) is 12.8 Å². The molecule has 0 amide bonds. The number of guanidine groups is 1. The first-order valence-corrected chi connectivity index (χ1v) is 6.17. The Kier molecular flexibility index (Phi) is 4.55. The molecule has 18 heavy (non-hydrogen) atoms. The van der Waals surface area contributed by atoms with Gasteiger partial charge in [0.15, 0.2) is 0 Å². The summed E-state index contributed by atoms with van der Waals surface area (Å²) in [5.74, 6) is 6.08. The molecule has 0 aromatic heterocycles. The van der Waals surface area contributed by atoms with Crippen LogP contribution in [0.25, 0.3) is 0 Å². The van der Waals surface area contributed by atoms with E-state index < -0.39 is 0 Å². The molecule has 1 aliphatic rings. The van der Waals surface area contributed by atoms with Crippen LogP contribution in [0.1, 0.15) is 11.1 Å². The second kappa shape index (κ2) is 6.37. The van der Waals surface area contributed by atoms with Gasteiger partial charge in [-0.1, -0.05) is 24.3 Å². The number of fused-ring (bicyclic) bond motifs is 1. The van der Waals surface area contributed by atoms with Crippen LogP contribution in [0.15, 0.2) is 29.3 Å². The Bertz CT molecular complexity index is 394. The van der Waals surface area contributed by atoms with Crippen LogP contribution < -0.4 is 16.6 Å². The van der Waals surface area contributed by atoms with Crippen LogP contribution in [-0.2, 0) is 17.6 Å². The SMILES string of the molecule is COCCN=C(NN)NC1Cc2ccccc2C1. The van der Waals surface area contributed by atoms with Gasteiger partial charge in [0.1, 0.15) is 0 Å². The zero-order valence-electron chi connectivity index (χ0n) is 10.6. The Balaban J connectivity index is 1.89. The van der Waals surface area contributed by atoms with Crippen LogP contribution in [0.2, 0.25) is 0 Å². The van der Waals surface area contributed by atoms with Crippen molar-refractivity contribution in [3.05, 3.63) is 35.4 Å². The molecule has 5 nitrogen and oxygen atoms in total. The maximum Gasteiger partial charge on any atom is 0.206 e. The summed E-state index contributed by atoms with van der Waals surface area (Å²) >= 11 is 0. The quantitative estimate of drug-likeness (QED) is 0.234. The summed E-state index contributed by atoms with van der Waals surface area (Å²) in [6.45, 7) is 1.19. The summed E-state index contributed by atoms with van der Waals surface area (Å²) < 4.78 is 4.95. The van der Waals surface area contributed by atoms with E-state index in [9.17, 15) is 0 Å². The van der Waals surface area contributed by atoms with Crippen molar-refractivity contribution in [1.82, 2.24) is 10.7 Å². The zero-order chi connectivity index (χ0) is 12.8. The standard InChI is InChI=1S/C13H20N4O/c1-18-7-6-15-13(17-14)16-12-8-10-4-2-3-5-11(10)9-12/h2-5,12H,6-9,14H2,1H3,(H2,15,16,17). The predicted molar refractivity (Wildman–Crippen MR) is 72.3 cm³/mol. The number of hydrazine groups is 1. The maximum atomic E-state index is 5.45. The molecule has 2 rings (SSSR count). The highest BCUT2D eigenvalue weighted by Gasteiger charge is 2.21. The van der Waals surface area contributed by atoms with Gasteiger partial charge in [-0.05, 0) is 24.0 Å². The normalized spacial score (nSPS) is 15.6. The lowest BCUT2D eigenvalue weighted by Crippen LogP contribution is -2.47. The van der Waals surface area contributed by atoms with Gasteiger partial charge in [0, 0.05) is 13.2 Å². The third-order valence-electron chi connectivity index (χ3n) is 3.09. The first-order valence-electron chi connectivity index (χ1n) is 6.17. The van der Waals surface area contributed by atoms with E-state index in [-0.39, 0.29) is 0 Å². The molecule has 1 aromatic rings. The topological polar surface area (TPSA) is 71.7 Å². The summed E-state index contributed by atoms with van der Waals surface area (Å²) in [5.41, 5.74) is 5.41. The number of aliphatic imine (C=N–C) groups is 1. The maximum absolute atomic E-state index is 5.45. The van der Waals surface area contributed by atoms with Crippen molar-refractivity contribution >= 4 is 5.96 Å². The summed E-state index contributed by atoms with van der Waals surface area (Å²) in [6.07, 6.45) is 2.03. The second-order valence-electron chi connectivity index (χ2n) is 4.39. The van der Waals surface area contributed by atoms with Crippen LogP contribution in [0.4, 0.5) is 0 Å². The van der Waals surface area contributed by atoms with Gasteiger partial charge in [-0.2, -0.15) is 0 Å². The third kappa shape index (κ3) is 3.21. The van der Waals surface area contributed by atoms with Crippen molar-refractivity contribution in [1.29, 1.82) is 0 Å². The van der Waals surface area contributed by atoms with Gasteiger partial charge < -0.3 is 10.1 Å². The molecule has 0 bridgehead atoms. The van der Waals surface area contributed by atoms with Crippen molar-refractivity contribution in [2.24, 2.45) is 10.8 Å². The highest BCUT2D eigenvalue weighted by Crippen LogP contribution is 2.21. The molecular formula is C13H20N4O. The number of benzene rings is 1. The minimum Gasteiger partial charge on any atom is -0.383 e. The zero-order valence-corrected chi connectivity index (χ0v) is 10.6. The van der Waals surface area contributed by atoms with Crippen molar-refractivity contribution in [3.63, 3.8) is 0 Å². The molecule has 0 fully saturated rings. The minimum atomic E-state index is 0.361. The summed E-state index contributed by atoms with van der Waals surface area (Å²) in [5, 5.41) is 3.33. The lowest BCUT2D eigenvalue weighted by atomic mass is 10.1. The Labute approximate surface area is 107 Å². The number of nitrogens with two attached hydrogens (primary N) is 1. The van der Waals surface area contributed by atoms with Crippen LogP contribution in [0.3, 0.4) is 0 Å². The van der Waals surface area contributed by atoms with Gasteiger partial charge in [0.2, 0.25) is 5.96 Å². The fourth-order valence-electron chi connectivity index (χ4n) is 2.24. The molecule has 0 saturated heterocycles. The Morgan fingerprint density at radius 2 is 2.06 bits per heavy atom. The summed E-state index contributed by atoms with van der Waals surface area (Å²) in [4.78, 5) is 4.30. The van der Waals surface area contributed by atoms with Crippen molar-refractivity contribution in [2.45, 2.75) is 18.9 Å². The Hall–Kier alpha value is -1.59. The smallest absolute Gasteiger partial charge is 0.206 e. The molecule has 1 aromatic carbocycles. The second-order valence-corrected chi connectivity index (χ2v) is 4.39. The monoisotopic (exact) mass is 248 g/mol. The lowest BCUT2D eigenvalue weighted by Gasteiger charge is -2.15. The van der Waals surface area contributed by atoms with E-state index in [4.69, 9.17) is 10.6 Å². The molecule has 1 aliphatic carbocycles. The summed E-state index contributed by atoms with van der Waals surface area (Å²) in [6, 6.07) is 8.87. The lowest BCUT2D eigenvalue weighted by molar-refractivity contribution is 0.208. The van der Waals surface area contributed by atoms with Gasteiger partial charge in [0.05, 0.1) is 13.2 Å². The number of nitrogens with one attached hydrogen (secondary N) is 2. The molecule has 0 aliphatic heterocycles. The summed E-state index contributed by atoms with van der Waals surface area (Å²) in [7, 11) is 1.66. The number of ether oxygens (including phenoxy) is 1. The van der Waals surface area contributed by atoms with E-state index in [1.54, 1.807) is 7.11 Å². The average Bonchev–Trinajstić information content (AvgIpc) is 2.80. The molecule has 98 valence electrons. The van der Waals surface area contributed by atoms with Gasteiger partial charge >= 0.3 is 0 Å². The number of hydrogen-bond donors (Lipinski definition) is 3. The van der Waals surface area contributed by atoms with Crippen LogP contribution in [0, 0.1) is 0 Å². The van der Waals surface area contributed by atoms with E-state index in [1.807, 2.05) is 0 Å². The van der Waals surface area contributed by atoms with E-state index in [2.05, 4.69) is 40.0 Å². The minimum absolute atomic E-state index is 0.361. The number of methoxy groups -OCH3 is 1. The Morgan fingerprint density at radius 1 is 1.39 bits per heavy atom. The molecule has 4 N–H and O–H groups in total. The fraction of sp³-hybridized carbons (Fsp3) is 0.462. The number of rotatable bonds is 4. The van der Waals surface area contributed by atoms with E-state index in [0.29, 0.717) is 25.2 Å². The molecule has 0 unspecified atom stereocenters. The van der Waals surface area contributed by atoms with Crippen molar-refractivity contribution in [2.75, 3.05) is 20.3 Å². The van der Waals surface area contributed by atoms with Gasteiger partial charge in [-0.3, -0.25) is 5.43 Å². The fourth-order valence-corrected chi connectivity index (χ4v) is 2.24. The van der Waals surface area contributed by atoms with E-state index in [1.165, 1.54) is 11.1 Å². The van der Waals surface area contributed by atoms with Crippen LogP contribution >= 0.6 is 0 Å². The molecular weight excluding hydrogens is 228 g/mol. The molecule has 0 atom stereocenters. The first-order chi connectivity index (χ1) is 8.83. The van der Waals surface area contributed by atoms with Crippen LogP contribution in [0.5, 0.6) is 0 Å². The van der Waals surface area contributed by atoms with Gasteiger partial charge in [-0.15, -0.1) is 0 Å². The highest BCUT2D eigenvalue weighted by atomic mass is 16.5. The highest BCUT2D eigenvalue weighted by molar-refractivity contribution is 5.79. The molecule has 5 heteroatoms. The van der Waals surface area contributed by atoms with Crippen LogP contribution in [-0.4, -0.2) is 32.3 Å². The molecule has 0 saturated carbocycles. The molecule has 0 spiro atoms. The molecule has 0 heterocycles. The van der Waals surface area contributed by atoms with E-state index >= 15 is 0 Å². The number of nitrogens with zero attached hydrogens (tertiary/aromatic N) is 1. The number of hydrogen-bond acceptors (Lipinski definition) is 3. The van der Waals surface area contributed by atoms with Gasteiger partial charge in [0.25, 0.3) is 0 Å². The van der Waals surface area contributed by atoms with Gasteiger partial charge in [-0.25, -0.2) is 10.8 Å². The third-order valence-corrected chi connectivity index (χ3v) is 3.09. The predicted octanol–water partition coefficient (Wildman–Crippen LogP) is 0.209.